The molecule has 5 N–H and O–H groups in total. The van der Waals surface area contributed by atoms with Gasteiger partial charge >= 0.3 is 7.82 Å². The average Bonchev–Trinajstić information content (AvgIpc) is 3.22. The maximum atomic E-state index is 12.5. The summed E-state index contributed by atoms with van der Waals surface area (Å²) in [4.78, 5) is 48.3. The van der Waals surface area contributed by atoms with Crippen LogP contribution in [0.25, 0.3) is 11.4 Å². The number of rotatable bonds is 4. The SMILES string of the molecule is CNC(=O)c1nn(C)c2c1C(C)(C)Cc1cnc(Nc3ccc(N4CCN(C)CC4)cc3)nc1-2.O=P(O)(O)O. The third-order valence-corrected chi connectivity index (χ3v) is 6.88. The van der Waals surface area contributed by atoms with Crippen molar-refractivity contribution in [3.63, 3.8) is 0 Å². The van der Waals surface area contributed by atoms with Gasteiger partial charge in [-0.15, -0.1) is 0 Å². The minimum absolute atomic E-state index is 0.179. The molecular weight excluding hydrogens is 523 g/mol. The highest BCUT2D eigenvalue weighted by Gasteiger charge is 2.39. The number of aryl methyl sites for hydroxylation is 1. The van der Waals surface area contributed by atoms with Crippen molar-refractivity contribution >= 4 is 31.1 Å². The van der Waals surface area contributed by atoms with Crippen LogP contribution in [0.5, 0.6) is 0 Å². The number of hydrogen-bond acceptors (Lipinski definition) is 8. The van der Waals surface area contributed by atoms with Crippen molar-refractivity contribution in [1.82, 2.24) is 30.0 Å². The molecule has 1 aromatic carbocycles. The van der Waals surface area contributed by atoms with Gasteiger partial charge in [-0.2, -0.15) is 5.10 Å². The molecule has 0 saturated carbocycles. The van der Waals surface area contributed by atoms with E-state index in [1.165, 1.54) is 5.69 Å². The third kappa shape index (κ3) is 6.63. The number of hydrogen-bond donors (Lipinski definition) is 5. The van der Waals surface area contributed by atoms with Crippen LogP contribution in [0.4, 0.5) is 17.3 Å². The minimum atomic E-state index is -4.64. The number of piperazine rings is 1. The highest BCUT2D eigenvalue weighted by atomic mass is 31.2. The molecular formula is C25H35N8O5P. The molecule has 3 heterocycles. The number of aromatic nitrogens is 4. The highest BCUT2D eigenvalue weighted by Crippen LogP contribution is 2.43. The second-order valence-corrected chi connectivity index (χ2v) is 11.4. The van der Waals surface area contributed by atoms with Crippen LogP contribution in [0.15, 0.2) is 30.5 Å². The average molecular weight is 559 g/mol. The Bertz CT molecular complexity index is 1390. The first kappa shape index (κ1) is 28.7. The highest BCUT2D eigenvalue weighted by molar-refractivity contribution is 7.45. The van der Waals surface area contributed by atoms with E-state index in [2.05, 4.69) is 75.7 Å². The lowest BCUT2D eigenvalue weighted by molar-refractivity contribution is 0.0955. The van der Waals surface area contributed by atoms with Crippen molar-refractivity contribution < 1.29 is 24.0 Å². The topological polar surface area (TPSA) is 169 Å². The summed E-state index contributed by atoms with van der Waals surface area (Å²) < 4.78 is 10.6. The Hall–Kier alpha value is -3.35. The number of carbonyl (C=O) groups excluding carboxylic acids is 1. The molecule has 0 spiro atoms. The number of amides is 1. The van der Waals surface area contributed by atoms with E-state index in [0.29, 0.717) is 11.6 Å². The molecule has 2 aliphatic rings. The molecule has 2 aromatic heterocycles. The van der Waals surface area contributed by atoms with E-state index in [9.17, 15) is 4.79 Å². The van der Waals surface area contributed by atoms with Crippen LogP contribution in [0.1, 0.15) is 35.5 Å². The molecule has 1 amide bonds. The molecule has 13 nitrogen and oxygen atoms in total. The Labute approximate surface area is 227 Å². The van der Waals surface area contributed by atoms with E-state index < -0.39 is 7.82 Å². The molecule has 39 heavy (non-hydrogen) atoms. The van der Waals surface area contributed by atoms with Crippen molar-refractivity contribution in [3.05, 3.63) is 47.3 Å². The van der Waals surface area contributed by atoms with Crippen LogP contribution in [0, 0.1) is 0 Å². The lowest BCUT2D eigenvalue weighted by Gasteiger charge is -2.34. The number of nitrogens with zero attached hydrogens (tertiary/aromatic N) is 6. The van der Waals surface area contributed by atoms with Gasteiger partial charge < -0.3 is 35.1 Å². The summed E-state index contributed by atoms with van der Waals surface area (Å²) in [5.41, 5.74) is 6.06. The predicted octanol–water partition coefficient (Wildman–Crippen LogP) is 1.64. The van der Waals surface area contributed by atoms with E-state index in [0.717, 1.165) is 60.8 Å². The van der Waals surface area contributed by atoms with Gasteiger partial charge in [-0.25, -0.2) is 14.5 Å². The number of likely N-dealkylation sites (N-methyl/N-ethyl adjacent to an activating group) is 1. The van der Waals surface area contributed by atoms with Gasteiger partial charge in [0.25, 0.3) is 5.91 Å². The zero-order chi connectivity index (χ0) is 28.5. The maximum absolute atomic E-state index is 12.5. The molecule has 0 bridgehead atoms. The van der Waals surface area contributed by atoms with Crippen LogP contribution in [-0.4, -0.2) is 85.5 Å². The number of carbonyl (C=O) groups is 1. The first-order valence-corrected chi connectivity index (χ1v) is 14.1. The second kappa shape index (κ2) is 11.0. The number of anilines is 3. The van der Waals surface area contributed by atoms with E-state index in [-0.39, 0.29) is 11.3 Å². The fourth-order valence-corrected chi connectivity index (χ4v) is 5.03. The van der Waals surface area contributed by atoms with Gasteiger partial charge in [0.1, 0.15) is 0 Å². The number of fused-ring (bicyclic) bond motifs is 3. The molecule has 210 valence electrons. The maximum Gasteiger partial charge on any atom is 0.466 e. The molecule has 1 aliphatic heterocycles. The predicted molar refractivity (Wildman–Crippen MR) is 148 cm³/mol. The van der Waals surface area contributed by atoms with Gasteiger partial charge in [0.15, 0.2) is 5.69 Å². The summed E-state index contributed by atoms with van der Waals surface area (Å²) in [7, 11) is 1.02. The summed E-state index contributed by atoms with van der Waals surface area (Å²) in [5.74, 6) is 0.348. The number of nitrogens with one attached hydrogen (secondary N) is 2. The van der Waals surface area contributed by atoms with Gasteiger partial charge in [0, 0.05) is 63.4 Å². The zero-order valence-corrected chi connectivity index (χ0v) is 23.6. The lowest BCUT2D eigenvalue weighted by Crippen LogP contribution is -2.44. The fraction of sp³-hybridized carbons (Fsp3) is 0.440. The Morgan fingerprint density at radius 3 is 2.26 bits per heavy atom. The summed E-state index contributed by atoms with van der Waals surface area (Å²) in [6, 6.07) is 8.42. The fourth-order valence-electron chi connectivity index (χ4n) is 5.03. The molecule has 0 radical (unpaired) electrons. The third-order valence-electron chi connectivity index (χ3n) is 6.88. The van der Waals surface area contributed by atoms with Gasteiger partial charge in [-0.05, 0) is 48.7 Å². The Balaban J connectivity index is 0.000000648. The van der Waals surface area contributed by atoms with E-state index in [4.69, 9.17) is 24.2 Å². The second-order valence-electron chi connectivity index (χ2n) is 10.4. The smallest absolute Gasteiger partial charge is 0.369 e. The summed E-state index contributed by atoms with van der Waals surface area (Å²) in [6.07, 6.45) is 2.63. The van der Waals surface area contributed by atoms with Gasteiger partial charge in [0.2, 0.25) is 5.95 Å². The standard InChI is InChI=1S/C25H32N8O.H3O4P/c1-25(2)14-16-15-27-24(29-20(16)22-19(25)21(23(34)26-3)30-32(22)5)28-17-6-8-18(9-7-17)33-12-10-31(4)11-13-33;1-5(2,3)4/h6-9,15H,10-14H2,1-5H3,(H,26,34)(H,27,28,29);(H3,1,2,3,4). The number of benzene rings is 1. The molecule has 0 atom stereocenters. The molecule has 14 heteroatoms. The summed E-state index contributed by atoms with van der Waals surface area (Å²) in [5, 5.41) is 10.6. The molecule has 1 aliphatic carbocycles. The van der Waals surface area contributed by atoms with Crippen molar-refractivity contribution in [2.45, 2.75) is 25.7 Å². The van der Waals surface area contributed by atoms with Crippen molar-refractivity contribution in [2.75, 3.05) is 50.5 Å². The quantitative estimate of drug-likeness (QED) is 0.295. The minimum Gasteiger partial charge on any atom is -0.369 e. The first-order valence-electron chi connectivity index (χ1n) is 12.5. The Kier molecular flexibility index (Phi) is 8.10. The normalized spacial score (nSPS) is 16.5. The number of phosphoric acid groups is 1. The molecule has 1 fully saturated rings. The van der Waals surface area contributed by atoms with E-state index >= 15 is 0 Å². The molecule has 0 unspecified atom stereocenters. The van der Waals surface area contributed by atoms with Crippen LogP contribution in [-0.2, 0) is 23.4 Å². The molecule has 5 rings (SSSR count). The van der Waals surface area contributed by atoms with Gasteiger partial charge in [-0.3, -0.25) is 9.48 Å². The van der Waals surface area contributed by atoms with E-state index in [1.807, 2.05) is 13.2 Å². The van der Waals surface area contributed by atoms with Crippen LogP contribution in [0.3, 0.4) is 0 Å². The van der Waals surface area contributed by atoms with Crippen LogP contribution in [0.2, 0.25) is 0 Å². The Morgan fingerprint density at radius 1 is 1.05 bits per heavy atom. The first-order chi connectivity index (χ1) is 18.3. The summed E-state index contributed by atoms with van der Waals surface area (Å²) in [6.45, 7) is 8.51. The van der Waals surface area contributed by atoms with Crippen molar-refractivity contribution in [2.24, 2.45) is 7.05 Å². The Morgan fingerprint density at radius 2 is 1.67 bits per heavy atom. The van der Waals surface area contributed by atoms with Gasteiger partial charge in [-0.1, -0.05) is 13.8 Å². The molecule has 3 aromatic rings. The monoisotopic (exact) mass is 558 g/mol. The largest absolute Gasteiger partial charge is 0.466 e. The zero-order valence-electron chi connectivity index (χ0n) is 22.7. The van der Waals surface area contributed by atoms with Crippen LogP contribution < -0.4 is 15.5 Å². The van der Waals surface area contributed by atoms with E-state index in [1.54, 1.807) is 11.7 Å². The van der Waals surface area contributed by atoms with Crippen molar-refractivity contribution in [1.29, 1.82) is 0 Å². The van der Waals surface area contributed by atoms with Crippen molar-refractivity contribution in [3.8, 4) is 11.4 Å². The van der Waals surface area contributed by atoms with Crippen LogP contribution >= 0.6 is 7.82 Å². The molecule has 1 saturated heterocycles. The lowest BCUT2D eigenvalue weighted by atomic mass is 9.73. The summed E-state index contributed by atoms with van der Waals surface area (Å²) >= 11 is 0. The van der Waals surface area contributed by atoms with Gasteiger partial charge in [0.05, 0.1) is 11.4 Å².